The molecule has 8 heteroatoms. The number of amides is 1. The number of hydrogen-bond donors (Lipinski definition) is 1. The van der Waals surface area contributed by atoms with Gasteiger partial charge in [-0.25, -0.2) is 4.21 Å². The molecule has 20 heavy (non-hydrogen) atoms. The van der Waals surface area contributed by atoms with Crippen molar-refractivity contribution < 1.29 is 13.2 Å². The topological polar surface area (TPSA) is 81.7 Å². The molecule has 0 aromatic heterocycles. The summed E-state index contributed by atoms with van der Waals surface area (Å²) in [6, 6.07) is 0. The van der Waals surface area contributed by atoms with E-state index in [1.54, 1.807) is 33.8 Å². The van der Waals surface area contributed by atoms with Gasteiger partial charge in [-0.15, -0.1) is 0 Å². The molecule has 1 heterocycles. The second kappa shape index (κ2) is 5.69. The van der Waals surface area contributed by atoms with Crippen LogP contribution in [0.1, 0.15) is 27.7 Å². The molecule has 0 saturated carbocycles. The van der Waals surface area contributed by atoms with Gasteiger partial charge in [0.1, 0.15) is 8.77 Å². The highest BCUT2D eigenvalue weighted by Crippen LogP contribution is 2.38. The largest absolute Gasteiger partial charge is 0.784 e. The molecular formula is C12H21N2O4S2-. The van der Waals surface area contributed by atoms with E-state index in [1.165, 1.54) is 7.11 Å². The predicted molar refractivity (Wildman–Crippen MR) is 81.8 cm³/mol. The number of nitrogens with zero attached hydrogens (tertiary/aromatic N) is 1. The molecule has 6 nitrogen and oxygen atoms in total. The molecule has 1 aliphatic heterocycles. The normalized spacial score (nSPS) is 24.0. The lowest BCUT2D eigenvalue weighted by atomic mass is 9.96. The Balaban J connectivity index is 2.74. The summed E-state index contributed by atoms with van der Waals surface area (Å²) < 4.78 is 16.2. The van der Waals surface area contributed by atoms with Crippen LogP contribution in [-0.2, 0) is 28.9 Å². The van der Waals surface area contributed by atoms with Crippen LogP contribution >= 0.6 is 0 Å². The number of hydrogen-bond acceptors (Lipinski definition) is 6. The molecule has 0 spiro atoms. The van der Waals surface area contributed by atoms with Gasteiger partial charge < -0.3 is 15.6 Å². The van der Waals surface area contributed by atoms with Crippen LogP contribution in [0.5, 0.6) is 0 Å². The summed E-state index contributed by atoms with van der Waals surface area (Å²) in [6.45, 7) is 7.05. The van der Waals surface area contributed by atoms with E-state index >= 15 is 0 Å². The van der Waals surface area contributed by atoms with Gasteiger partial charge in [-0.2, -0.15) is 0 Å². The molecule has 116 valence electrons. The second-order valence-electron chi connectivity index (χ2n) is 5.75. The van der Waals surface area contributed by atoms with E-state index in [0.29, 0.717) is 5.57 Å². The molecule has 1 aliphatic rings. The molecule has 0 saturated heterocycles. The molecule has 1 amide bonds. The van der Waals surface area contributed by atoms with Crippen molar-refractivity contribution in [2.45, 2.75) is 38.8 Å². The van der Waals surface area contributed by atoms with Gasteiger partial charge in [0.2, 0.25) is 5.91 Å². The summed E-state index contributed by atoms with van der Waals surface area (Å²) in [5.74, 6) is -0.286. The van der Waals surface area contributed by atoms with Crippen molar-refractivity contribution in [3.05, 3.63) is 16.9 Å². The van der Waals surface area contributed by atoms with Crippen molar-refractivity contribution >= 4 is 25.9 Å². The van der Waals surface area contributed by atoms with Crippen molar-refractivity contribution in [2.75, 3.05) is 19.4 Å². The number of nitrogens with one attached hydrogen (secondary N) is 1. The zero-order valence-corrected chi connectivity index (χ0v) is 14.0. The lowest BCUT2D eigenvalue weighted by Gasteiger charge is -2.47. The first kappa shape index (κ1) is 17.5. The van der Waals surface area contributed by atoms with Gasteiger partial charge in [0.05, 0.1) is 12.9 Å². The Labute approximate surface area is 125 Å². The first-order chi connectivity index (χ1) is 8.94. The lowest BCUT2D eigenvalue weighted by molar-refractivity contribution is -0.118. The molecule has 0 bridgehead atoms. The smallest absolute Gasteiger partial charge is 0.248 e. The van der Waals surface area contributed by atoms with Gasteiger partial charge in [0, 0.05) is 34.4 Å². The third-order valence-electron chi connectivity index (χ3n) is 3.32. The van der Waals surface area contributed by atoms with Crippen molar-refractivity contribution in [1.29, 1.82) is 0 Å². The fourth-order valence-electron chi connectivity index (χ4n) is 2.23. The first-order valence-electron chi connectivity index (χ1n) is 6.21. The summed E-state index contributed by atoms with van der Waals surface area (Å²) >= 11 is 4.71. The Kier molecular flexibility index (Phi) is 4.98. The molecule has 1 unspecified atom stereocenters. The van der Waals surface area contributed by atoms with Crippen LogP contribution in [-0.4, -0.2) is 45.7 Å². The van der Waals surface area contributed by atoms with Crippen LogP contribution in [0.2, 0.25) is 0 Å². The minimum atomic E-state index is -2.77. The standard InChI is InChI=1S/C12H21N2O4S2/c1-11(2)8-9(12(3,4)14(11)16)10(15)13-6-7-20(17,19)18-5/h8H,6-7H2,1-5H3,(H,13,15)/q-1. The average Bonchev–Trinajstić information content (AvgIpc) is 2.49. The summed E-state index contributed by atoms with van der Waals surface area (Å²) in [5.41, 5.74) is -1.22. The molecule has 0 aromatic carbocycles. The van der Waals surface area contributed by atoms with Crippen LogP contribution in [0.25, 0.3) is 0 Å². The van der Waals surface area contributed by atoms with E-state index in [0.717, 1.165) is 5.06 Å². The molecule has 0 radical (unpaired) electrons. The number of carbonyl (C=O) groups excluding carboxylic acids is 1. The Morgan fingerprint density at radius 2 is 2.05 bits per heavy atom. The number of carbonyl (C=O) groups is 1. The van der Waals surface area contributed by atoms with E-state index in [-0.39, 0.29) is 18.2 Å². The average molecular weight is 321 g/mol. The summed E-state index contributed by atoms with van der Waals surface area (Å²) in [5, 5.41) is 15.7. The van der Waals surface area contributed by atoms with Crippen molar-refractivity contribution in [1.82, 2.24) is 10.4 Å². The monoisotopic (exact) mass is 321 g/mol. The van der Waals surface area contributed by atoms with Gasteiger partial charge in [-0.05, 0) is 27.7 Å². The van der Waals surface area contributed by atoms with Crippen molar-refractivity contribution in [3.8, 4) is 0 Å². The third kappa shape index (κ3) is 3.56. The number of rotatable bonds is 5. The Bertz CT molecular complexity index is 524. The van der Waals surface area contributed by atoms with E-state index in [9.17, 15) is 14.2 Å². The van der Waals surface area contributed by atoms with Crippen LogP contribution < -0.4 is 5.32 Å². The summed E-state index contributed by atoms with van der Waals surface area (Å²) in [4.78, 5) is 12.2. The summed E-state index contributed by atoms with van der Waals surface area (Å²) in [6.07, 6.45) is 1.66. The van der Waals surface area contributed by atoms with Crippen molar-refractivity contribution in [3.63, 3.8) is 0 Å². The molecule has 0 aliphatic carbocycles. The SMILES string of the molecule is COS(=O)(=S)CCNC(=O)C1=CC(C)(C)N([O-])C1(C)C. The van der Waals surface area contributed by atoms with Gasteiger partial charge in [-0.1, -0.05) is 6.08 Å². The van der Waals surface area contributed by atoms with E-state index in [1.807, 2.05) is 0 Å². The van der Waals surface area contributed by atoms with Gasteiger partial charge in [0.25, 0.3) is 0 Å². The Hall–Kier alpha value is -0.540. The Morgan fingerprint density at radius 3 is 2.45 bits per heavy atom. The maximum Gasteiger partial charge on any atom is 0.248 e. The molecule has 1 atom stereocenters. The van der Waals surface area contributed by atoms with E-state index in [4.69, 9.17) is 11.2 Å². The third-order valence-corrected chi connectivity index (χ3v) is 5.44. The van der Waals surface area contributed by atoms with Gasteiger partial charge in [-0.3, -0.25) is 8.98 Å². The molecule has 1 N–H and O–H groups in total. The molecule has 1 rings (SSSR count). The van der Waals surface area contributed by atoms with Crippen LogP contribution in [0.15, 0.2) is 11.6 Å². The van der Waals surface area contributed by atoms with E-state index < -0.39 is 19.9 Å². The minimum absolute atomic E-state index is 0.0583. The minimum Gasteiger partial charge on any atom is -0.784 e. The maximum atomic E-state index is 12.2. The van der Waals surface area contributed by atoms with Gasteiger partial charge >= 0.3 is 0 Å². The zero-order valence-electron chi connectivity index (χ0n) is 12.4. The van der Waals surface area contributed by atoms with Crippen molar-refractivity contribution in [2.24, 2.45) is 0 Å². The maximum absolute atomic E-state index is 12.2. The zero-order chi connectivity index (χ0) is 15.8. The van der Waals surface area contributed by atoms with Gasteiger partial charge in [0.15, 0.2) is 0 Å². The Morgan fingerprint density at radius 1 is 1.50 bits per heavy atom. The quantitative estimate of drug-likeness (QED) is 0.803. The molecule has 0 fully saturated rings. The van der Waals surface area contributed by atoms with Crippen LogP contribution in [0.3, 0.4) is 0 Å². The van der Waals surface area contributed by atoms with Crippen LogP contribution in [0.4, 0.5) is 0 Å². The lowest BCUT2D eigenvalue weighted by Crippen LogP contribution is -2.48. The van der Waals surface area contributed by atoms with E-state index in [2.05, 4.69) is 9.50 Å². The predicted octanol–water partition coefficient (Wildman–Crippen LogP) is 0.707. The summed E-state index contributed by atoms with van der Waals surface area (Å²) in [7, 11) is -1.50. The second-order valence-corrected chi connectivity index (χ2v) is 9.13. The fraction of sp³-hybridized carbons (Fsp3) is 0.750. The highest BCUT2D eigenvalue weighted by Gasteiger charge is 2.42. The highest BCUT2D eigenvalue weighted by molar-refractivity contribution is 8.30. The molecule has 0 aromatic rings. The number of hydroxylamine groups is 2. The highest BCUT2D eigenvalue weighted by atomic mass is 32.8. The molecular weight excluding hydrogens is 300 g/mol. The van der Waals surface area contributed by atoms with Crippen LogP contribution in [0, 0.1) is 5.21 Å². The fourth-order valence-corrected chi connectivity index (χ4v) is 3.00. The first-order valence-corrected chi connectivity index (χ1v) is 8.79.